The Morgan fingerprint density at radius 2 is 1.85 bits per heavy atom. The second-order valence-electron chi connectivity index (χ2n) is 5.97. The highest BCUT2D eigenvalue weighted by molar-refractivity contribution is 5.74. The van der Waals surface area contributed by atoms with Crippen LogP contribution in [0.25, 0.3) is 0 Å². The van der Waals surface area contributed by atoms with E-state index in [1.807, 2.05) is 13.8 Å². The Labute approximate surface area is 122 Å². The van der Waals surface area contributed by atoms with Crippen LogP contribution < -0.4 is 10.6 Å². The van der Waals surface area contributed by atoms with E-state index < -0.39 is 0 Å². The van der Waals surface area contributed by atoms with E-state index in [0.29, 0.717) is 0 Å². The molecule has 0 fully saturated rings. The van der Waals surface area contributed by atoms with Crippen molar-refractivity contribution in [2.75, 3.05) is 0 Å². The van der Waals surface area contributed by atoms with Crippen LogP contribution in [0.2, 0.25) is 0 Å². The maximum atomic E-state index is 11.9. The minimum absolute atomic E-state index is 0.0791. The Hall–Kier alpha value is -1.51. The number of carbonyl (C=O) groups excluding carboxylic acids is 1. The third-order valence-corrected chi connectivity index (χ3v) is 3.91. The van der Waals surface area contributed by atoms with Gasteiger partial charge in [0, 0.05) is 6.04 Å². The predicted molar refractivity (Wildman–Crippen MR) is 82.9 cm³/mol. The van der Waals surface area contributed by atoms with E-state index in [-0.39, 0.29) is 18.1 Å². The van der Waals surface area contributed by atoms with Gasteiger partial charge in [0.15, 0.2) is 0 Å². The van der Waals surface area contributed by atoms with Gasteiger partial charge in [-0.2, -0.15) is 0 Å². The van der Waals surface area contributed by atoms with Crippen molar-refractivity contribution >= 4 is 6.03 Å². The molecular formula is C17H26N2O. The van der Waals surface area contributed by atoms with Crippen molar-refractivity contribution in [3.63, 3.8) is 0 Å². The van der Waals surface area contributed by atoms with Gasteiger partial charge in [-0.1, -0.05) is 25.1 Å². The molecule has 0 saturated carbocycles. The molecular weight excluding hydrogens is 248 g/mol. The lowest BCUT2D eigenvalue weighted by Gasteiger charge is -2.22. The van der Waals surface area contributed by atoms with Gasteiger partial charge in [0.25, 0.3) is 0 Å². The van der Waals surface area contributed by atoms with Gasteiger partial charge in [0.05, 0.1) is 6.04 Å². The van der Waals surface area contributed by atoms with Crippen molar-refractivity contribution in [2.24, 2.45) is 0 Å². The first-order valence-electron chi connectivity index (χ1n) is 7.79. The molecule has 0 aliphatic heterocycles. The summed E-state index contributed by atoms with van der Waals surface area (Å²) in [6.45, 7) is 6.05. The fourth-order valence-corrected chi connectivity index (χ4v) is 2.85. The summed E-state index contributed by atoms with van der Waals surface area (Å²) in [5.74, 6) is 0. The summed E-state index contributed by atoms with van der Waals surface area (Å²) in [7, 11) is 0. The molecule has 1 aromatic rings. The fourth-order valence-electron chi connectivity index (χ4n) is 2.85. The van der Waals surface area contributed by atoms with Crippen LogP contribution in [0.1, 0.15) is 62.8 Å². The lowest BCUT2D eigenvalue weighted by atomic mass is 9.89. The minimum Gasteiger partial charge on any atom is -0.336 e. The lowest BCUT2D eigenvalue weighted by Crippen LogP contribution is -2.41. The molecule has 0 saturated heterocycles. The number of nitrogens with one attached hydrogen (secondary N) is 2. The molecule has 2 rings (SSSR count). The summed E-state index contributed by atoms with van der Waals surface area (Å²) in [5, 5.41) is 5.96. The maximum Gasteiger partial charge on any atom is 0.315 e. The molecule has 0 radical (unpaired) electrons. The Morgan fingerprint density at radius 1 is 1.15 bits per heavy atom. The van der Waals surface area contributed by atoms with Gasteiger partial charge in [-0.3, -0.25) is 0 Å². The van der Waals surface area contributed by atoms with Crippen LogP contribution in [-0.4, -0.2) is 12.1 Å². The second-order valence-corrected chi connectivity index (χ2v) is 5.97. The molecule has 1 aromatic carbocycles. The van der Waals surface area contributed by atoms with E-state index in [1.54, 1.807) is 0 Å². The highest BCUT2D eigenvalue weighted by Crippen LogP contribution is 2.25. The lowest BCUT2D eigenvalue weighted by molar-refractivity contribution is 0.234. The molecule has 110 valence electrons. The number of carbonyl (C=O) groups is 1. The van der Waals surface area contributed by atoms with Crippen molar-refractivity contribution in [3.05, 3.63) is 34.9 Å². The molecule has 2 N–H and O–H groups in total. The molecule has 2 amide bonds. The number of urea groups is 1. The smallest absolute Gasteiger partial charge is 0.315 e. The molecule has 1 aliphatic rings. The van der Waals surface area contributed by atoms with Gasteiger partial charge in [-0.25, -0.2) is 4.79 Å². The monoisotopic (exact) mass is 274 g/mol. The van der Waals surface area contributed by atoms with E-state index in [0.717, 1.165) is 6.42 Å². The zero-order chi connectivity index (χ0) is 14.5. The van der Waals surface area contributed by atoms with Gasteiger partial charge in [0.1, 0.15) is 0 Å². The zero-order valence-corrected chi connectivity index (χ0v) is 12.8. The molecule has 1 unspecified atom stereocenters. The molecule has 3 heteroatoms. The minimum atomic E-state index is -0.0791. The predicted octanol–water partition coefficient (Wildman–Crippen LogP) is 3.72. The van der Waals surface area contributed by atoms with Crippen molar-refractivity contribution < 1.29 is 4.79 Å². The van der Waals surface area contributed by atoms with Crippen LogP contribution in [0.3, 0.4) is 0 Å². The summed E-state index contributed by atoms with van der Waals surface area (Å²) in [5.41, 5.74) is 4.19. The summed E-state index contributed by atoms with van der Waals surface area (Å²) in [4.78, 5) is 11.9. The Bertz CT molecular complexity index is 468. The number of amides is 2. The largest absolute Gasteiger partial charge is 0.336 e. The van der Waals surface area contributed by atoms with Crippen LogP contribution >= 0.6 is 0 Å². The van der Waals surface area contributed by atoms with Crippen molar-refractivity contribution in [2.45, 2.75) is 65.0 Å². The number of hydrogen-bond donors (Lipinski definition) is 2. The molecule has 20 heavy (non-hydrogen) atoms. The first-order chi connectivity index (χ1) is 9.60. The normalized spacial score (nSPS) is 15.6. The maximum absolute atomic E-state index is 11.9. The van der Waals surface area contributed by atoms with Gasteiger partial charge in [0.2, 0.25) is 0 Å². The van der Waals surface area contributed by atoms with Crippen LogP contribution in [0.4, 0.5) is 4.79 Å². The van der Waals surface area contributed by atoms with E-state index in [2.05, 4.69) is 35.8 Å². The first kappa shape index (κ1) is 14.9. The Kier molecular flexibility index (Phi) is 5.05. The zero-order valence-electron chi connectivity index (χ0n) is 12.8. The van der Waals surface area contributed by atoms with E-state index in [1.165, 1.54) is 42.4 Å². The van der Waals surface area contributed by atoms with Crippen LogP contribution in [-0.2, 0) is 12.8 Å². The highest BCUT2D eigenvalue weighted by Gasteiger charge is 2.16. The van der Waals surface area contributed by atoms with Crippen LogP contribution in [0.15, 0.2) is 18.2 Å². The Morgan fingerprint density at radius 3 is 2.50 bits per heavy atom. The topological polar surface area (TPSA) is 41.1 Å². The molecule has 3 nitrogen and oxygen atoms in total. The van der Waals surface area contributed by atoms with Crippen molar-refractivity contribution in [1.29, 1.82) is 0 Å². The third-order valence-electron chi connectivity index (χ3n) is 3.91. The number of fused-ring (bicyclic) bond motifs is 1. The molecule has 1 aliphatic carbocycles. The molecule has 1 atom stereocenters. The van der Waals surface area contributed by atoms with Crippen LogP contribution in [0.5, 0.6) is 0 Å². The molecule has 0 heterocycles. The summed E-state index contributed by atoms with van der Waals surface area (Å²) in [6, 6.07) is 6.89. The van der Waals surface area contributed by atoms with Gasteiger partial charge >= 0.3 is 6.03 Å². The Balaban J connectivity index is 2.09. The van der Waals surface area contributed by atoms with Crippen LogP contribution in [0, 0.1) is 0 Å². The van der Waals surface area contributed by atoms with Crippen molar-refractivity contribution in [1.82, 2.24) is 10.6 Å². The van der Waals surface area contributed by atoms with E-state index >= 15 is 0 Å². The SMILES string of the molecule is CCC(NC(=O)NC(C)C)c1ccc2c(c1)CCCC2. The highest BCUT2D eigenvalue weighted by atomic mass is 16.2. The van der Waals surface area contributed by atoms with E-state index in [9.17, 15) is 4.79 Å². The number of aryl methyl sites for hydroxylation is 2. The molecule has 0 spiro atoms. The van der Waals surface area contributed by atoms with Gasteiger partial charge in [-0.05, 0) is 62.6 Å². The van der Waals surface area contributed by atoms with E-state index in [4.69, 9.17) is 0 Å². The summed E-state index contributed by atoms with van der Waals surface area (Å²) >= 11 is 0. The average Bonchev–Trinajstić information content (AvgIpc) is 2.43. The summed E-state index contributed by atoms with van der Waals surface area (Å²) < 4.78 is 0. The standard InChI is InChI=1S/C17H26N2O/c1-4-16(19-17(20)18-12(2)3)15-10-9-13-7-5-6-8-14(13)11-15/h9-12,16H,4-8H2,1-3H3,(H2,18,19,20). The summed E-state index contributed by atoms with van der Waals surface area (Å²) in [6.07, 6.45) is 5.88. The average molecular weight is 274 g/mol. The number of benzene rings is 1. The number of hydrogen-bond acceptors (Lipinski definition) is 1. The second kappa shape index (κ2) is 6.78. The first-order valence-corrected chi connectivity index (χ1v) is 7.79. The fraction of sp³-hybridized carbons (Fsp3) is 0.588. The van der Waals surface area contributed by atoms with Gasteiger partial charge < -0.3 is 10.6 Å². The quantitative estimate of drug-likeness (QED) is 0.863. The molecule has 0 aromatic heterocycles. The third kappa shape index (κ3) is 3.75. The molecule has 0 bridgehead atoms. The van der Waals surface area contributed by atoms with Crippen molar-refractivity contribution in [3.8, 4) is 0 Å². The number of rotatable bonds is 4. The van der Waals surface area contributed by atoms with Gasteiger partial charge in [-0.15, -0.1) is 0 Å².